The average Bonchev–Trinajstić information content (AvgIpc) is 2.28. The van der Waals surface area contributed by atoms with Crippen LogP contribution in [0.1, 0.15) is 60.3 Å². The summed E-state index contributed by atoms with van der Waals surface area (Å²) in [6, 6.07) is 2.09. The summed E-state index contributed by atoms with van der Waals surface area (Å²) >= 11 is 0. The molecule has 100 valence electrons. The molecule has 0 aliphatic heterocycles. The molecule has 0 spiro atoms. The second-order valence-electron chi connectivity index (χ2n) is 6.09. The summed E-state index contributed by atoms with van der Waals surface area (Å²) in [5.41, 5.74) is 6.05. The highest BCUT2D eigenvalue weighted by molar-refractivity contribution is 5.99. The molecule has 1 rings (SSSR count). The molecule has 0 unspecified atom stereocenters. The summed E-state index contributed by atoms with van der Waals surface area (Å²) in [5, 5.41) is 0. The lowest BCUT2D eigenvalue weighted by atomic mass is 9.86. The molecule has 1 aromatic carbocycles. The number of hydrogen-bond acceptors (Lipinski definition) is 1. The first-order chi connectivity index (χ1) is 8.25. The van der Waals surface area contributed by atoms with Gasteiger partial charge in [0.15, 0.2) is 5.78 Å². The maximum Gasteiger partial charge on any atom is 0.165 e. The van der Waals surface area contributed by atoms with Crippen molar-refractivity contribution in [3.8, 4) is 0 Å². The highest BCUT2D eigenvalue weighted by atomic mass is 16.1. The summed E-state index contributed by atoms with van der Waals surface area (Å²) in [6.45, 7) is 14.8. The Balaban J connectivity index is 3.33. The van der Waals surface area contributed by atoms with Crippen molar-refractivity contribution in [2.24, 2.45) is 11.8 Å². The van der Waals surface area contributed by atoms with E-state index in [2.05, 4.69) is 40.7 Å². The number of hydrogen-bond donors (Lipinski definition) is 0. The van der Waals surface area contributed by atoms with Gasteiger partial charge < -0.3 is 0 Å². The normalized spacial score (nSPS) is 11.4. The van der Waals surface area contributed by atoms with Crippen molar-refractivity contribution in [2.45, 2.75) is 54.9 Å². The van der Waals surface area contributed by atoms with Gasteiger partial charge in [0.1, 0.15) is 0 Å². The summed E-state index contributed by atoms with van der Waals surface area (Å²) in [7, 11) is 0. The average molecular weight is 246 g/mol. The van der Waals surface area contributed by atoms with Gasteiger partial charge in [-0.1, -0.05) is 27.7 Å². The molecule has 0 heterocycles. The van der Waals surface area contributed by atoms with E-state index in [4.69, 9.17) is 0 Å². The van der Waals surface area contributed by atoms with Gasteiger partial charge in [0.05, 0.1) is 0 Å². The molecule has 0 aliphatic carbocycles. The third kappa shape index (κ3) is 3.01. The standard InChI is InChI=1S/C17H26O/c1-10(2)8-15-12(5)9-16(14(7)13(15)6)17(18)11(3)4/h9-11H,8H2,1-7H3. The first kappa shape index (κ1) is 14.9. The summed E-state index contributed by atoms with van der Waals surface area (Å²) in [4.78, 5) is 12.2. The molecule has 0 saturated carbocycles. The SMILES string of the molecule is Cc1cc(C(=O)C(C)C)c(C)c(C)c1CC(C)C. The zero-order valence-electron chi connectivity index (χ0n) is 12.8. The number of rotatable bonds is 4. The van der Waals surface area contributed by atoms with Crippen LogP contribution in [0.4, 0.5) is 0 Å². The van der Waals surface area contributed by atoms with Crippen molar-refractivity contribution in [3.05, 3.63) is 33.9 Å². The van der Waals surface area contributed by atoms with Crippen LogP contribution in [0.5, 0.6) is 0 Å². The van der Waals surface area contributed by atoms with E-state index in [-0.39, 0.29) is 11.7 Å². The molecule has 0 fully saturated rings. The zero-order chi connectivity index (χ0) is 14.0. The van der Waals surface area contributed by atoms with Crippen LogP contribution in [0.3, 0.4) is 0 Å². The van der Waals surface area contributed by atoms with Gasteiger partial charge in [-0.3, -0.25) is 4.79 Å². The van der Waals surface area contributed by atoms with Gasteiger partial charge in [0.2, 0.25) is 0 Å². The van der Waals surface area contributed by atoms with Crippen LogP contribution in [-0.4, -0.2) is 5.78 Å². The molecule has 0 atom stereocenters. The highest BCUT2D eigenvalue weighted by Crippen LogP contribution is 2.26. The summed E-state index contributed by atoms with van der Waals surface area (Å²) in [5.74, 6) is 0.974. The van der Waals surface area contributed by atoms with Gasteiger partial charge in [0, 0.05) is 11.5 Å². The second kappa shape index (κ2) is 5.69. The Bertz CT molecular complexity index is 453. The number of carbonyl (C=O) groups excluding carboxylic acids is 1. The van der Waals surface area contributed by atoms with Gasteiger partial charge in [-0.05, 0) is 61.4 Å². The second-order valence-corrected chi connectivity index (χ2v) is 6.09. The first-order valence-electron chi connectivity index (χ1n) is 6.89. The van der Waals surface area contributed by atoms with Gasteiger partial charge in [-0.25, -0.2) is 0 Å². The van der Waals surface area contributed by atoms with Crippen LogP contribution in [-0.2, 0) is 6.42 Å². The van der Waals surface area contributed by atoms with Crippen molar-refractivity contribution in [2.75, 3.05) is 0 Å². The lowest BCUT2D eigenvalue weighted by molar-refractivity contribution is 0.0938. The minimum atomic E-state index is 0.0680. The lowest BCUT2D eigenvalue weighted by Gasteiger charge is -2.18. The van der Waals surface area contributed by atoms with E-state index in [1.54, 1.807) is 0 Å². The van der Waals surface area contributed by atoms with Crippen molar-refractivity contribution >= 4 is 5.78 Å². The molecule has 0 saturated heterocycles. The molecule has 0 bridgehead atoms. The van der Waals surface area contributed by atoms with E-state index >= 15 is 0 Å². The number of aryl methyl sites for hydroxylation is 1. The molecule has 1 heteroatoms. The molecule has 0 aromatic heterocycles. The lowest BCUT2D eigenvalue weighted by Crippen LogP contribution is -2.12. The van der Waals surface area contributed by atoms with Gasteiger partial charge in [-0.15, -0.1) is 0 Å². The largest absolute Gasteiger partial charge is 0.294 e. The molecular formula is C17H26O. The zero-order valence-corrected chi connectivity index (χ0v) is 12.8. The number of Topliss-reactive ketones (excluding diaryl/α,β-unsaturated/α-hetero) is 1. The maximum absolute atomic E-state index is 12.2. The molecule has 0 amide bonds. The van der Waals surface area contributed by atoms with E-state index < -0.39 is 0 Å². The van der Waals surface area contributed by atoms with Crippen molar-refractivity contribution in [3.63, 3.8) is 0 Å². The third-order valence-electron chi connectivity index (χ3n) is 3.66. The summed E-state index contributed by atoms with van der Waals surface area (Å²) in [6.07, 6.45) is 1.09. The van der Waals surface area contributed by atoms with Crippen LogP contribution in [0, 0.1) is 32.6 Å². The Hall–Kier alpha value is -1.11. The van der Waals surface area contributed by atoms with E-state index in [0.717, 1.165) is 17.5 Å². The fourth-order valence-electron chi connectivity index (χ4n) is 2.43. The first-order valence-corrected chi connectivity index (χ1v) is 6.89. The number of carbonyl (C=O) groups is 1. The molecular weight excluding hydrogens is 220 g/mol. The van der Waals surface area contributed by atoms with Crippen LogP contribution >= 0.6 is 0 Å². The van der Waals surface area contributed by atoms with Gasteiger partial charge in [-0.2, -0.15) is 0 Å². The minimum absolute atomic E-state index is 0.0680. The smallest absolute Gasteiger partial charge is 0.165 e. The predicted octanol–water partition coefficient (Wildman–Crippen LogP) is 4.65. The Morgan fingerprint density at radius 2 is 1.61 bits per heavy atom. The Morgan fingerprint density at radius 1 is 1.06 bits per heavy atom. The minimum Gasteiger partial charge on any atom is -0.294 e. The molecule has 18 heavy (non-hydrogen) atoms. The van der Waals surface area contributed by atoms with Gasteiger partial charge in [0.25, 0.3) is 0 Å². The summed E-state index contributed by atoms with van der Waals surface area (Å²) < 4.78 is 0. The van der Waals surface area contributed by atoms with E-state index in [1.165, 1.54) is 16.7 Å². The molecule has 1 aromatic rings. The third-order valence-corrected chi connectivity index (χ3v) is 3.66. The maximum atomic E-state index is 12.2. The fraction of sp³-hybridized carbons (Fsp3) is 0.588. The Labute approximate surface area is 112 Å². The number of benzene rings is 1. The van der Waals surface area contributed by atoms with Crippen LogP contribution in [0.25, 0.3) is 0 Å². The van der Waals surface area contributed by atoms with Crippen molar-refractivity contribution in [1.29, 1.82) is 0 Å². The van der Waals surface area contributed by atoms with Crippen molar-refractivity contribution in [1.82, 2.24) is 0 Å². The van der Waals surface area contributed by atoms with Crippen LogP contribution < -0.4 is 0 Å². The molecule has 0 aliphatic rings. The molecule has 0 radical (unpaired) electrons. The topological polar surface area (TPSA) is 17.1 Å². The fourth-order valence-corrected chi connectivity index (χ4v) is 2.43. The quantitative estimate of drug-likeness (QED) is 0.707. The van der Waals surface area contributed by atoms with Crippen LogP contribution in [0.2, 0.25) is 0 Å². The van der Waals surface area contributed by atoms with E-state index in [0.29, 0.717) is 5.92 Å². The highest BCUT2D eigenvalue weighted by Gasteiger charge is 2.17. The molecule has 0 N–H and O–H groups in total. The van der Waals surface area contributed by atoms with Crippen LogP contribution in [0.15, 0.2) is 6.07 Å². The monoisotopic (exact) mass is 246 g/mol. The Morgan fingerprint density at radius 3 is 2.06 bits per heavy atom. The Kier molecular flexibility index (Phi) is 4.72. The predicted molar refractivity (Wildman–Crippen MR) is 78.4 cm³/mol. The van der Waals surface area contributed by atoms with E-state index in [9.17, 15) is 4.79 Å². The molecule has 1 nitrogen and oxygen atoms in total. The van der Waals surface area contributed by atoms with E-state index in [1.807, 2.05) is 13.8 Å². The number of ketones is 1. The van der Waals surface area contributed by atoms with Crippen molar-refractivity contribution < 1.29 is 4.79 Å². The van der Waals surface area contributed by atoms with Gasteiger partial charge >= 0.3 is 0 Å².